The van der Waals surface area contributed by atoms with Gasteiger partial charge in [-0.25, -0.2) is 4.79 Å². The molecule has 0 aliphatic rings. The number of hydrogen-bond donors (Lipinski definition) is 0. The van der Waals surface area contributed by atoms with Crippen LogP contribution in [0.5, 0.6) is 0 Å². The summed E-state index contributed by atoms with van der Waals surface area (Å²) < 4.78 is 4.52. The van der Waals surface area contributed by atoms with Gasteiger partial charge in [-0.1, -0.05) is 12.1 Å². The summed E-state index contributed by atoms with van der Waals surface area (Å²) >= 11 is 0. The second-order valence-electron chi connectivity index (χ2n) is 2.24. The maximum absolute atomic E-state index is 10.9. The molecule has 0 fully saturated rings. The van der Waals surface area contributed by atoms with Crippen LogP contribution in [-0.2, 0) is 4.74 Å². The minimum Gasteiger partial charge on any atom is -0.465 e. The van der Waals surface area contributed by atoms with Crippen molar-refractivity contribution in [3.05, 3.63) is 35.4 Å². The third-order valence-electron chi connectivity index (χ3n) is 1.35. The van der Waals surface area contributed by atoms with Crippen molar-refractivity contribution in [1.29, 1.82) is 0 Å². The van der Waals surface area contributed by atoms with E-state index in [9.17, 15) is 4.79 Å². The highest BCUT2D eigenvalue weighted by atomic mass is 16.5. The molecular weight excluding hydrogens is 140 g/mol. The SMILES string of the molecule is COC(=O)c1[c]c(C)ccc1. The predicted octanol–water partition coefficient (Wildman–Crippen LogP) is 1.58. The van der Waals surface area contributed by atoms with Gasteiger partial charge in [-0.15, -0.1) is 0 Å². The van der Waals surface area contributed by atoms with Crippen LogP contribution < -0.4 is 0 Å². The zero-order valence-corrected chi connectivity index (χ0v) is 6.55. The van der Waals surface area contributed by atoms with E-state index in [2.05, 4.69) is 10.8 Å². The third kappa shape index (κ3) is 1.80. The van der Waals surface area contributed by atoms with Gasteiger partial charge in [0.15, 0.2) is 0 Å². The number of benzene rings is 1. The van der Waals surface area contributed by atoms with Gasteiger partial charge < -0.3 is 4.74 Å². The van der Waals surface area contributed by atoms with Crippen LogP contribution >= 0.6 is 0 Å². The first kappa shape index (κ1) is 7.79. The number of aryl methyl sites for hydroxylation is 1. The lowest BCUT2D eigenvalue weighted by atomic mass is 10.1. The van der Waals surface area contributed by atoms with Crippen molar-refractivity contribution in [3.8, 4) is 0 Å². The standard InChI is InChI=1S/C9H9O2/c1-7-4-3-5-8(6-7)9(10)11-2/h3-5H,1-2H3. The topological polar surface area (TPSA) is 26.3 Å². The lowest BCUT2D eigenvalue weighted by Gasteiger charge is -1.97. The predicted molar refractivity (Wildman–Crippen MR) is 41.4 cm³/mol. The van der Waals surface area contributed by atoms with Gasteiger partial charge in [-0.2, -0.15) is 0 Å². The van der Waals surface area contributed by atoms with Crippen LogP contribution in [0.25, 0.3) is 0 Å². The summed E-state index contributed by atoms with van der Waals surface area (Å²) in [6.45, 7) is 1.88. The molecule has 0 N–H and O–H groups in total. The molecule has 2 heteroatoms. The van der Waals surface area contributed by atoms with Gasteiger partial charge in [-0.05, 0) is 18.6 Å². The summed E-state index contributed by atoms with van der Waals surface area (Å²) in [4.78, 5) is 10.9. The van der Waals surface area contributed by atoms with Crippen LogP contribution in [0.15, 0.2) is 18.2 Å². The first-order valence-electron chi connectivity index (χ1n) is 3.31. The van der Waals surface area contributed by atoms with Gasteiger partial charge in [0.1, 0.15) is 0 Å². The third-order valence-corrected chi connectivity index (χ3v) is 1.35. The molecule has 11 heavy (non-hydrogen) atoms. The summed E-state index contributed by atoms with van der Waals surface area (Å²) in [5, 5.41) is 0. The van der Waals surface area contributed by atoms with E-state index in [1.54, 1.807) is 12.1 Å². The highest BCUT2D eigenvalue weighted by Crippen LogP contribution is 2.03. The fourth-order valence-electron chi connectivity index (χ4n) is 0.813. The van der Waals surface area contributed by atoms with Gasteiger partial charge in [0.05, 0.1) is 12.7 Å². The normalized spacial score (nSPS) is 9.27. The van der Waals surface area contributed by atoms with E-state index < -0.39 is 0 Å². The molecular formula is C9H9O2. The summed E-state index contributed by atoms with van der Waals surface area (Å²) in [5.74, 6) is -0.339. The zero-order chi connectivity index (χ0) is 8.27. The number of methoxy groups -OCH3 is 1. The van der Waals surface area contributed by atoms with Crippen LogP contribution in [0.3, 0.4) is 0 Å². The van der Waals surface area contributed by atoms with Gasteiger partial charge >= 0.3 is 5.97 Å². The lowest BCUT2D eigenvalue weighted by molar-refractivity contribution is 0.0600. The number of rotatable bonds is 1. The van der Waals surface area contributed by atoms with Crippen molar-refractivity contribution in [2.45, 2.75) is 6.92 Å². The largest absolute Gasteiger partial charge is 0.465 e. The van der Waals surface area contributed by atoms with E-state index in [1.165, 1.54) is 7.11 Å². The van der Waals surface area contributed by atoms with Crippen LogP contribution in [-0.4, -0.2) is 13.1 Å². The monoisotopic (exact) mass is 149 g/mol. The molecule has 2 nitrogen and oxygen atoms in total. The number of carbonyl (C=O) groups is 1. The Morgan fingerprint density at radius 3 is 2.82 bits per heavy atom. The molecule has 1 rings (SSSR count). The lowest BCUT2D eigenvalue weighted by Crippen LogP contribution is -2.00. The fourth-order valence-corrected chi connectivity index (χ4v) is 0.813. The van der Waals surface area contributed by atoms with E-state index in [0.29, 0.717) is 5.56 Å². The highest BCUT2D eigenvalue weighted by Gasteiger charge is 2.03. The maximum Gasteiger partial charge on any atom is 0.338 e. The molecule has 0 heterocycles. The molecule has 0 aliphatic heterocycles. The van der Waals surface area contributed by atoms with Crippen LogP contribution in [0, 0.1) is 13.0 Å². The average Bonchev–Trinajstić information content (AvgIpc) is 2.03. The molecule has 0 unspecified atom stereocenters. The molecule has 0 saturated carbocycles. The quantitative estimate of drug-likeness (QED) is 0.567. The number of ether oxygens (including phenoxy) is 1. The van der Waals surface area contributed by atoms with Crippen molar-refractivity contribution < 1.29 is 9.53 Å². The zero-order valence-electron chi connectivity index (χ0n) is 6.55. The van der Waals surface area contributed by atoms with Crippen LogP contribution in [0.4, 0.5) is 0 Å². The molecule has 0 bridgehead atoms. The van der Waals surface area contributed by atoms with Gasteiger partial charge in [0.2, 0.25) is 0 Å². The minimum absolute atomic E-state index is 0.339. The Kier molecular flexibility index (Phi) is 2.26. The smallest absolute Gasteiger partial charge is 0.338 e. The van der Waals surface area contributed by atoms with E-state index in [1.807, 2.05) is 13.0 Å². The molecule has 0 spiro atoms. The second kappa shape index (κ2) is 3.19. The Bertz CT molecular complexity index is 266. The molecule has 1 aromatic carbocycles. The molecule has 1 radical (unpaired) electrons. The van der Waals surface area contributed by atoms with Gasteiger partial charge in [0.25, 0.3) is 0 Å². The maximum atomic E-state index is 10.9. The van der Waals surface area contributed by atoms with E-state index in [-0.39, 0.29) is 5.97 Å². The van der Waals surface area contributed by atoms with E-state index in [0.717, 1.165) is 5.56 Å². The first-order valence-corrected chi connectivity index (χ1v) is 3.31. The summed E-state index contributed by atoms with van der Waals surface area (Å²) in [7, 11) is 1.36. The molecule has 0 atom stereocenters. The van der Waals surface area contributed by atoms with Crippen LogP contribution in [0.1, 0.15) is 15.9 Å². The Morgan fingerprint density at radius 2 is 2.27 bits per heavy atom. The Morgan fingerprint density at radius 1 is 1.55 bits per heavy atom. The molecule has 0 aliphatic carbocycles. The molecule has 0 amide bonds. The molecule has 0 aromatic heterocycles. The highest BCUT2D eigenvalue weighted by molar-refractivity contribution is 5.89. The molecule has 1 aromatic rings. The van der Waals surface area contributed by atoms with E-state index in [4.69, 9.17) is 0 Å². The van der Waals surface area contributed by atoms with Crippen molar-refractivity contribution in [3.63, 3.8) is 0 Å². The summed E-state index contributed by atoms with van der Waals surface area (Å²) in [5.41, 5.74) is 1.42. The van der Waals surface area contributed by atoms with Gasteiger partial charge in [-0.3, -0.25) is 0 Å². The van der Waals surface area contributed by atoms with Crippen molar-refractivity contribution in [1.82, 2.24) is 0 Å². The van der Waals surface area contributed by atoms with Gasteiger partial charge in [0, 0.05) is 6.07 Å². The Hall–Kier alpha value is -1.31. The van der Waals surface area contributed by atoms with E-state index >= 15 is 0 Å². The minimum atomic E-state index is -0.339. The second-order valence-corrected chi connectivity index (χ2v) is 2.24. The van der Waals surface area contributed by atoms with Crippen molar-refractivity contribution in [2.24, 2.45) is 0 Å². The average molecular weight is 149 g/mol. The number of hydrogen-bond acceptors (Lipinski definition) is 2. The number of esters is 1. The van der Waals surface area contributed by atoms with Crippen LogP contribution in [0.2, 0.25) is 0 Å². The van der Waals surface area contributed by atoms with Crippen molar-refractivity contribution >= 4 is 5.97 Å². The fraction of sp³-hybridized carbons (Fsp3) is 0.222. The molecule has 0 saturated heterocycles. The Labute approximate surface area is 65.8 Å². The summed E-state index contributed by atoms with van der Waals surface area (Å²) in [6, 6.07) is 8.25. The Balaban J connectivity index is 2.96. The molecule has 57 valence electrons. The number of carbonyl (C=O) groups excluding carboxylic acids is 1. The van der Waals surface area contributed by atoms with Crippen molar-refractivity contribution in [2.75, 3.05) is 7.11 Å². The summed E-state index contributed by atoms with van der Waals surface area (Å²) in [6.07, 6.45) is 0. The first-order chi connectivity index (χ1) is 5.24.